The summed E-state index contributed by atoms with van der Waals surface area (Å²) in [4.78, 5) is 17.1. The predicted molar refractivity (Wildman–Crippen MR) is 137 cm³/mol. The zero-order valence-corrected chi connectivity index (χ0v) is 20.9. The van der Waals surface area contributed by atoms with Crippen molar-refractivity contribution in [1.82, 2.24) is 4.57 Å². The highest BCUT2D eigenvalue weighted by Crippen LogP contribution is 2.44. The predicted octanol–water partition coefficient (Wildman–Crippen LogP) is 3.26. The number of benzene rings is 2. The van der Waals surface area contributed by atoms with Gasteiger partial charge in [-0.2, -0.15) is 4.57 Å². The van der Waals surface area contributed by atoms with Crippen molar-refractivity contribution in [3.63, 3.8) is 0 Å². The van der Waals surface area contributed by atoms with E-state index >= 15 is 0 Å². The van der Waals surface area contributed by atoms with Gasteiger partial charge in [-0.15, -0.1) is 11.3 Å². The summed E-state index contributed by atoms with van der Waals surface area (Å²) in [7, 11) is 4.14. The summed E-state index contributed by atoms with van der Waals surface area (Å²) in [5.41, 5.74) is 2.43. The van der Waals surface area contributed by atoms with Crippen molar-refractivity contribution >= 4 is 61.4 Å². The van der Waals surface area contributed by atoms with E-state index < -0.39 is 0 Å². The Morgan fingerprint density at radius 2 is 1.97 bits per heavy atom. The van der Waals surface area contributed by atoms with E-state index in [1.165, 1.54) is 15.1 Å². The van der Waals surface area contributed by atoms with Crippen LogP contribution < -0.4 is 24.2 Å². The number of thiazole rings is 2. The van der Waals surface area contributed by atoms with E-state index in [4.69, 9.17) is 4.74 Å². The molecule has 0 saturated carbocycles. The topological polar surface area (TPSA) is 38.4 Å². The average molecular weight is 495 g/mol. The summed E-state index contributed by atoms with van der Waals surface area (Å²) in [6, 6.07) is 16.7. The van der Waals surface area contributed by atoms with Gasteiger partial charge in [0.15, 0.2) is 0 Å². The van der Waals surface area contributed by atoms with Crippen LogP contribution in [0.3, 0.4) is 0 Å². The Labute approximate surface area is 203 Å². The van der Waals surface area contributed by atoms with E-state index in [-0.39, 0.29) is 11.7 Å². The number of anilines is 1. The molecular weight excluding hydrogens is 470 g/mol. The highest BCUT2D eigenvalue weighted by atomic mass is 32.2. The lowest BCUT2D eigenvalue weighted by molar-refractivity contribution is -0.642. The van der Waals surface area contributed by atoms with Crippen molar-refractivity contribution in [3.05, 3.63) is 73.1 Å². The maximum absolute atomic E-state index is 13.7. The van der Waals surface area contributed by atoms with Gasteiger partial charge >= 0.3 is 0 Å². The lowest BCUT2D eigenvalue weighted by atomic mass is 10.2. The van der Waals surface area contributed by atoms with Gasteiger partial charge in [-0.3, -0.25) is 9.36 Å². The Balaban J connectivity index is 1.56. The fraction of sp³-hybridized carbons (Fsp3) is 0.280. The molecule has 1 saturated heterocycles. The molecule has 1 atom stereocenters. The second kappa shape index (κ2) is 8.43. The second-order valence-corrected chi connectivity index (χ2v) is 11.5. The van der Waals surface area contributed by atoms with Gasteiger partial charge in [-0.25, -0.2) is 0 Å². The Morgan fingerprint density at radius 1 is 1.15 bits per heavy atom. The smallest absolute Gasteiger partial charge is 0.271 e. The van der Waals surface area contributed by atoms with Crippen LogP contribution in [-0.2, 0) is 18.3 Å². The zero-order valence-electron chi connectivity index (χ0n) is 18.5. The summed E-state index contributed by atoms with van der Waals surface area (Å²) in [6.45, 7) is 1.39. The minimum atomic E-state index is 0.0765. The fourth-order valence-corrected chi connectivity index (χ4v) is 8.05. The molecule has 5 nitrogen and oxygen atoms in total. The van der Waals surface area contributed by atoms with Crippen LogP contribution in [0.1, 0.15) is 17.8 Å². The standard InChI is InChI=1S/C25H24N3O2S3/c1-26-17-9-3-5-11-19(17)31-21(26)14-22-28(15-16-8-7-13-30-16)24(29)23(33-22)25-27(2)18-10-4-6-12-20(18)32-25/h3-6,9-12,14,16H,7-8,13,15H2,1-2H3/q+1/b25-23+. The van der Waals surface area contributed by atoms with Crippen LogP contribution in [0.5, 0.6) is 0 Å². The van der Waals surface area contributed by atoms with Gasteiger partial charge in [0, 0.05) is 24.6 Å². The molecular formula is C25H24N3O2S3+. The summed E-state index contributed by atoms with van der Waals surface area (Å²) < 4.78 is 13.1. The number of aryl methyl sites for hydroxylation is 1. The van der Waals surface area contributed by atoms with Crippen molar-refractivity contribution < 1.29 is 9.30 Å². The molecule has 0 N–H and O–H groups in total. The van der Waals surface area contributed by atoms with Gasteiger partial charge < -0.3 is 9.64 Å². The molecule has 2 aliphatic heterocycles. The molecule has 0 spiro atoms. The van der Waals surface area contributed by atoms with E-state index in [1.807, 2.05) is 23.7 Å². The zero-order chi connectivity index (χ0) is 22.5. The van der Waals surface area contributed by atoms with Crippen molar-refractivity contribution in [2.24, 2.45) is 7.05 Å². The van der Waals surface area contributed by atoms with Gasteiger partial charge in [0.25, 0.3) is 10.6 Å². The number of ether oxygens (including phenoxy) is 1. The highest BCUT2D eigenvalue weighted by Gasteiger charge is 2.26. The third-order valence-corrected chi connectivity index (χ3v) is 9.92. The van der Waals surface area contributed by atoms with Crippen LogP contribution in [0, 0.1) is 0 Å². The normalized spacial score (nSPS) is 20.2. The first-order valence-corrected chi connectivity index (χ1v) is 13.5. The quantitative estimate of drug-likeness (QED) is 0.410. The molecule has 4 aromatic rings. The first-order chi connectivity index (χ1) is 16.1. The Hall–Kier alpha value is -2.39. The molecule has 8 heteroatoms. The summed E-state index contributed by atoms with van der Waals surface area (Å²) in [6.07, 6.45) is 4.34. The molecule has 0 bridgehead atoms. The minimum absolute atomic E-state index is 0.0765. The molecule has 0 radical (unpaired) electrons. The molecule has 1 unspecified atom stereocenters. The SMILES string of the molecule is CN1/C(=c2\s/c(=C\c3sc4ccccc4[n+]3C)n(CC3CCCO3)c2=O)Sc2ccccc21. The van der Waals surface area contributed by atoms with E-state index in [0.717, 1.165) is 44.4 Å². The van der Waals surface area contributed by atoms with E-state index in [2.05, 4.69) is 59.0 Å². The van der Waals surface area contributed by atoms with E-state index in [1.54, 1.807) is 34.4 Å². The van der Waals surface area contributed by atoms with Gasteiger partial charge in [-0.1, -0.05) is 47.4 Å². The number of rotatable bonds is 3. The number of para-hydroxylation sites is 2. The first kappa shape index (κ1) is 21.2. The Kier molecular flexibility index (Phi) is 5.41. The van der Waals surface area contributed by atoms with Crippen LogP contribution in [0.15, 0.2) is 58.2 Å². The largest absolute Gasteiger partial charge is 0.376 e. The number of nitrogens with zero attached hydrogens (tertiary/aromatic N) is 3. The molecule has 2 aliphatic rings. The van der Waals surface area contributed by atoms with Gasteiger partial charge in [0.05, 0.1) is 24.4 Å². The summed E-state index contributed by atoms with van der Waals surface area (Å²) >= 11 is 5.02. The summed E-state index contributed by atoms with van der Waals surface area (Å²) in [5.74, 6) is 0. The monoisotopic (exact) mass is 494 g/mol. The van der Waals surface area contributed by atoms with Crippen molar-refractivity contribution in [2.75, 3.05) is 18.6 Å². The van der Waals surface area contributed by atoms with Crippen molar-refractivity contribution in [3.8, 4) is 0 Å². The third kappa shape index (κ3) is 3.65. The number of hydrogen-bond acceptors (Lipinski definition) is 6. The fourth-order valence-electron chi connectivity index (χ4n) is 4.49. The van der Waals surface area contributed by atoms with Crippen LogP contribution in [0.2, 0.25) is 0 Å². The van der Waals surface area contributed by atoms with Crippen LogP contribution >= 0.6 is 34.4 Å². The number of hydrogen-bond donors (Lipinski definition) is 0. The van der Waals surface area contributed by atoms with E-state index in [0.29, 0.717) is 6.54 Å². The molecule has 0 aliphatic carbocycles. The molecule has 6 rings (SSSR count). The molecule has 2 aromatic carbocycles. The van der Waals surface area contributed by atoms with Crippen molar-refractivity contribution in [2.45, 2.75) is 30.4 Å². The van der Waals surface area contributed by atoms with Gasteiger partial charge in [-0.05, 0) is 31.0 Å². The van der Waals surface area contributed by atoms with Crippen molar-refractivity contribution in [1.29, 1.82) is 0 Å². The lowest BCUT2D eigenvalue weighted by Gasteiger charge is -2.12. The lowest BCUT2D eigenvalue weighted by Crippen LogP contribution is -2.37. The molecule has 2 aromatic heterocycles. The number of fused-ring (bicyclic) bond motifs is 2. The third-order valence-electron chi connectivity index (χ3n) is 6.27. The molecule has 1 fully saturated rings. The maximum Gasteiger partial charge on any atom is 0.271 e. The second-order valence-electron chi connectivity index (χ2n) is 8.37. The maximum atomic E-state index is 13.7. The number of thioether (sulfide) groups is 1. The van der Waals surface area contributed by atoms with Crippen LogP contribution in [0.4, 0.5) is 5.69 Å². The van der Waals surface area contributed by atoms with Crippen LogP contribution in [-0.4, -0.2) is 24.3 Å². The molecule has 0 amide bonds. The van der Waals surface area contributed by atoms with Crippen LogP contribution in [0.25, 0.3) is 21.3 Å². The molecule has 4 heterocycles. The number of aromatic nitrogens is 2. The Morgan fingerprint density at radius 3 is 2.76 bits per heavy atom. The minimum Gasteiger partial charge on any atom is -0.376 e. The average Bonchev–Trinajstić information content (AvgIpc) is 3.59. The first-order valence-electron chi connectivity index (χ1n) is 11.1. The highest BCUT2D eigenvalue weighted by molar-refractivity contribution is 8.08. The molecule has 168 valence electrons. The van der Waals surface area contributed by atoms with Gasteiger partial charge in [0.2, 0.25) is 5.52 Å². The summed E-state index contributed by atoms with van der Waals surface area (Å²) in [5, 5.41) is 2.14. The molecule has 33 heavy (non-hydrogen) atoms. The Bertz CT molecular complexity index is 1540. The van der Waals surface area contributed by atoms with E-state index in [9.17, 15) is 4.79 Å². The van der Waals surface area contributed by atoms with Gasteiger partial charge in [0.1, 0.15) is 26.0 Å².